The van der Waals surface area contributed by atoms with Crippen LogP contribution in [0.1, 0.15) is 53.9 Å². The molecule has 0 fully saturated rings. The summed E-state index contributed by atoms with van der Waals surface area (Å²) in [5.74, 6) is -4.14. The molecule has 0 bridgehead atoms. The van der Waals surface area contributed by atoms with Crippen LogP contribution < -0.4 is 16.0 Å². The predicted molar refractivity (Wildman–Crippen MR) is 115 cm³/mol. The average molecular weight is 464 g/mol. The van der Waals surface area contributed by atoms with E-state index in [1.807, 2.05) is 0 Å². The summed E-state index contributed by atoms with van der Waals surface area (Å²) in [4.78, 5) is 59.5. The van der Waals surface area contributed by atoms with E-state index in [1.165, 1.54) is 0 Å². The van der Waals surface area contributed by atoms with Gasteiger partial charge in [0.1, 0.15) is 23.7 Å². The van der Waals surface area contributed by atoms with Crippen molar-refractivity contribution in [3.05, 3.63) is 0 Å². The molecular weight excluding hydrogens is 430 g/mol. The van der Waals surface area contributed by atoms with Crippen LogP contribution in [0.5, 0.6) is 0 Å². The Morgan fingerprint density at radius 3 is 1.84 bits per heavy atom. The second-order valence-corrected chi connectivity index (χ2v) is 8.77. The lowest BCUT2D eigenvalue weighted by Crippen LogP contribution is -2.56. The maximum atomic E-state index is 12.8. The van der Waals surface area contributed by atoms with E-state index < -0.39 is 60.0 Å². The summed E-state index contributed by atoms with van der Waals surface area (Å²) in [7, 11) is 0. The minimum absolute atomic E-state index is 0.0355. The van der Waals surface area contributed by atoms with Gasteiger partial charge in [-0.2, -0.15) is 12.6 Å². The molecule has 5 N–H and O–H groups in total. The Balaban J connectivity index is 5.44. The highest BCUT2D eigenvalue weighted by Crippen LogP contribution is 2.10. The first-order valence-corrected chi connectivity index (χ1v) is 10.4. The molecule has 3 amide bonds. The first kappa shape index (κ1) is 28.5. The molecule has 0 radical (unpaired) electrons. The van der Waals surface area contributed by atoms with Crippen molar-refractivity contribution >= 4 is 42.5 Å². The molecule has 31 heavy (non-hydrogen) atoms. The molecule has 0 aromatic carbocycles. The van der Waals surface area contributed by atoms with E-state index in [1.54, 1.807) is 34.6 Å². The lowest BCUT2D eigenvalue weighted by Gasteiger charge is -2.26. The highest BCUT2D eigenvalue weighted by molar-refractivity contribution is 7.80. The fraction of sp³-hybridized carbons (Fsp3) is 0.737. The van der Waals surface area contributed by atoms with Crippen LogP contribution in [0.3, 0.4) is 0 Å². The van der Waals surface area contributed by atoms with Gasteiger partial charge in [-0.05, 0) is 39.5 Å². The van der Waals surface area contributed by atoms with Gasteiger partial charge in [-0.1, -0.05) is 13.8 Å². The Morgan fingerprint density at radius 2 is 1.42 bits per heavy atom. The van der Waals surface area contributed by atoms with E-state index in [9.17, 15) is 24.0 Å². The van der Waals surface area contributed by atoms with Crippen molar-refractivity contribution in [2.24, 2.45) is 5.92 Å². The van der Waals surface area contributed by atoms with Crippen LogP contribution in [0.25, 0.3) is 0 Å². The fourth-order valence-corrected chi connectivity index (χ4v) is 2.67. The summed E-state index contributed by atoms with van der Waals surface area (Å²) in [6, 6.07) is -3.61. The molecule has 0 saturated heterocycles. The number of alkyl carbamates (subject to hydrolysis) is 1. The number of thiol groups is 1. The molecule has 0 rings (SSSR count). The van der Waals surface area contributed by atoms with Crippen molar-refractivity contribution in [1.82, 2.24) is 16.0 Å². The average Bonchev–Trinajstić information content (AvgIpc) is 2.59. The lowest BCUT2D eigenvalue weighted by atomic mass is 10.0. The van der Waals surface area contributed by atoms with Gasteiger partial charge < -0.3 is 30.9 Å². The molecule has 0 aromatic heterocycles. The molecular formula is C19H33N3O8S. The number of amides is 3. The summed E-state index contributed by atoms with van der Waals surface area (Å²) in [6.07, 6.45) is -1.36. The number of hydrogen-bond donors (Lipinski definition) is 6. The van der Waals surface area contributed by atoms with E-state index >= 15 is 0 Å². The molecule has 0 saturated carbocycles. The molecule has 0 aliphatic rings. The largest absolute Gasteiger partial charge is 0.481 e. The first-order chi connectivity index (χ1) is 14.2. The van der Waals surface area contributed by atoms with Crippen molar-refractivity contribution in [3.8, 4) is 0 Å². The second-order valence-electron chi connectivity index (χ2n) is 8.40. The molecule has 3 atom stereocenters. The number of carboxylic acids is 2. The van der Waals surface area contributed by atoms with Crippen LogP contribution in [0, 0.1) is 5.92 Å². The maximum Gasteiger partial charge on any atom is 0.408 e. The molecule has 0 aliphatic carbocycles. The molecule has 0 heterocycles. The highest BCUT2D eigenvalue weighted by Gasteiger charge is 2.30. The summed E-state index contributed by atoms with van der Waals surface area (Å²) >= 11 is 3.89. The third-order valence-electron chi connectivity index (χ3n) is 3.79. The predicted octanol–water partition coefficient (Wildman–Crippen LogP) is 0.775. The van der Waals surface area contributed by atoms with Crippen molar-refractivity contribution in [2.45, 2.75) is 77.6 Å². The fourth-order valence-electron chi connectivity index (χ4n) is 2.42. The molecule has 178 valence electrons. The van der Waals surface area contributed by atoms with Crippen LogP contribution in [-0.4, -0.2) is 69.5 Å². The number of carbonyl (C=O) groups is 5. The Labute approximate surface area is 187 Å². The van der Waals surface area contributed by atoms with Crippen LogP contribution in [0.15, 0.2) is 0 Å². The second kappa shape index (κ2) is 13.0. The van der Waals surface area contributed by atoms with E-state index in [0.29, 0.717) is 0 Å². The van der Waals surface area contributed by atoms with Gasteiger partial charge in [0, 0.05) is 12.2 Å². The van der Waals surface area contributed by atoms with Crippen LogP contribution in [-0.2, 0) is 23.9 Å². The van der Waals surface area contributed by atoms with E-state index in [-0.39, 0.29) is 24.5 Å². The van der Waals surface area contributed by atoms with Crippen molar-refractivity contribution in [3.63, 3.8) is 0 Å². The third-order valence-corrected chi connectivity index (χ3v) is 4.16. The molecule has 0 unspecified atom stereocenters. The quantitative estimate of drug-likeness (QED) is 0.230. The smallest absolute Gasteiger partial charge is 0.408 e. The molecule has 0 aromatic rings. The van der Waals surface area contributed by atoms with Gasteiger partial charge in [0.05, 0.1) is 0 Å². The summed E-state index contributed by atoms with van der Waals surface area (Å²) < 4.78 is 5.11. The monoisotopic (exact) mass is 463 g/mol. The highest BCUT2D eigenvalue weighted by atomic mass is 32.1. The summed E-state index contributed by atoms with van der Waals surface area (Å²) in [5, 5.41) is 25.1. The number of ether oxygens (including phenoxy) is 1. The van der Waals surface area contributed by atoms with Gasteiger partial charge in [0.25, 0.3) is 0 Å². The van der Waals surface area contributed by atoms with E-state index in [2.05, 4.69) is 28.6 Å². The first-order valence-electron chi connectivity index (χ1n) is 9.82. The van der Waals surface area contributed by atoms with Crippen molar-refractivity contribution < 1.29 is 38.9 Å². The van der Waals surface area contributed by atoms with Gasteiger partial charge in [0.15, 0.2) is 0 Å². The standard InChI is InChI=1S/C19H33N3O8S/c1-10(2)8-12(16(26)21-13(9-31)17(27)28)20-15(25)11(6-7-14(23)24)22-18(29)30-19(3,4)5/h10-13,31H,6-9H2,1-5H3,(H,20,25)(H,21,26)(H,22,29)(H,23,24)(H,27,28)/t11-,12-,13-/m0/s1. The Bertz CT molecular complexity index is 663. The third kappa shape index (κ3) is 12.7. The molecule has 11 nitrogen and oxygen atoms in total. The summed E-state index contributed by atoms with van der Waals surface area (Å²) in [5.41, 5.74) is -0.837. The lowest BCUT2D eigenvalue weighted by molar-refractivity contribution is -0.141. The van der Waals surface area contributed by atoms with Gasteiger partial charge >= 0.3 is 18.0 Å². The van der Waals surface area contributed by atoms with Gasteiger partial charge in [-0.3, -0.25) is 14.4 Å². The SMILES string of the molecule is CC(C)C[C@H](NC(=O)[C@H](CCC(=O)O)NC(=O)OC(C)(C)C)C(=O)N[C@@H](CS)C(=O)O. The Morgan fingerprint density at radius 1 is 0.903 bits per heavy atom. The zero-order valence-corrected chi connectivity index (χ0v) is 19.3. The van der Waals surface area contributed by atoms with Gasteiger partial charge in [-0.25, -0.2) is 9.59 Å². The van der Waals surface area contributed by atoms with Gasteiger partial charge in [0.2, 0.25) is 11.8 Å². The normalized spacial score (nSPS) is 14.2. The number of hydrogen-bond acceptors (Lipinski definition) is 7. The zero-order valence-electron chi connectivity index (χ0n) is 18.4. The van der Waals surface area contributed by atoms with Crippen LogP contribution in [0.4, 0.5) is 4.79 Å². The number of carbonyl (C=O) groups excluding carboxylic acids is 3. The van der Waals surface area contributed by atoms with E-state index in [0.717, 1.165) is 0 Å². The maximum absolute atomic E-state index is 12.8. The Hall–Kier alpha value is -2.50. The van der Waals surface area contributed by atoms with Gasteiger partial charge in [-0.15, -0.1) is 0 Å². The van der Waals surface area contributed by atoms with Crippen LogP contribution in [0.2, 0.25) is 0 Å². The molecule has 0 spiro atoms. The topological polar surface area (TPSA) is 171 Å². The van der Waals surface area contributed by atoms with Crippen molar-refractivity contribution in [2.75, 3.05) is 5.75 Å². The molecule has 0 aliphatic heterocycles. The number of aliphatic carboxylic acids is 2. The number of rotatable bonds is 12. The van der Waals surface area contributed by atoms with Crippen molar-refractivity contribution in [1.29, 1.82) is 0 Å². The minimum Gasteiger partial charge on any atom is -0.481 e. The van der Waals surface area contributed by atoms with E-state index in [4.69, 9.17) is 14.9 Å². The molecule has 12 heteroatoms. The van der Waals surface area contributed by atoms with Crippen LogP contribution >= 0.6 is 12.6 Å². The summed E-state index contributed by atoms with van der Waals surface area (Å²) in [6.45, 7) is 8.49. The minimum atomic E-state index is -1.27. The number of carboxylic acid groups (broad SMARTS) is 2. The zero-order chi connectivity index (χ0) is 24.4. The number of nitrogens with one attached hydrogen (secondary N) is 3. The Kier molecular flexibility index (Phi) is 12.0.